The molecule has 2 heterocycles. The number of nitrogens with one attached hydrogen (secondary N) is 1. The van der Waals surface area contributed by atoms with Crippen LogP contribution in [0.5, 0.6) is 5.75 Å². The zero-order chi connectivity index (χ0) is 18.4. The summed E-state index contributed by atoms with van der Waals surface area (Å²) >= 11 is 0.905. The number of sulfone groups is 1. The topological polar surface area (TPSA) is 89.5 Å². The highest BCUT2D eigenvalue weighted by Gasteiger charge is 2.32. The number of amides is 1. The van der Waals surface area contributed by atoms with Gasteiger partial charge in [-0.1, -0.05) is 0 Å². The number of carbonyl (C=O) groups is 2. The molecule has 0 unspecified atom stereocenters. The Bertz CT molecular complexity index is 973. The van der Waals surface area contributed by atoms with Gasteiger partial charge in [0, 0.05) is 11.9 Å². The van der Waals surface area contributed by atoms with Gasteiger partial charge in [-0.15, -0.1) is 11.3 Å². The van der Waals surface area contributed by atoms with E-state index in [0.717, 1.165) is 17.6 Å². The number of benzene rings is 1. The van der Waals surface area contributed by atoms with Crippen LogP contribution in [0.3, 0.4) is 0 Å². The summed E-state index contributed by atoms with van der Waals surface area (Å²) in [5.41, 5.74) is 0.336. The van der Waals surface area contributed by atoms with Crippen molar-refractivity contribution in [2.24, 2.45) is 0 Å². The third-order valence-electron chi connectivity index (χ3n) is 3.68. The molecule has 0 saturated carbocycles. The van der Waals surface area contributed by atoms with Gasteiger partial charge >= 0.3 is 0 Å². The van der Waals surface area contributed by atoms with Crippen LogP contribution < -0.4 is 10.1 Å². The molecule has 1 amide bonds. The number of anilines is 1. The Morgan fingerprint density at radius 3 is 2.60 bits per heavy atom. The SMILES string of the molecule is CC1(C)CC(=O)c2cc(NC(=O)c3ccc(S(C)(=O)=O)s3)ccc2O1. The molecule has 6 nitrogen and oxygen atoms in total. The Morgan fingerprint density at radius 2 is 1.96 bits per heavy atom. The van der Waals surface area contributed by atoms with Crippen molar-refractivity contribution < 1.29 is 22.7 Å². The highest BCUT2D eigenvalue weighted by molar-refractivity contribution is 7.92. The lowest BCUT2D eigenvalue weighted by atomic mass is 9.93. The summed E-state index contributed by atoms with van der Waals surface area (Å²) in [7, 11) is -3.34. The van der Waals surface area contributed by atoms with Gasteiger partial charge in [0.05, 0.1) is 16.9 Å². The molecule has 0 bridgehead atoms. The van der Waals surface area contributed by atoms with Crippen LogP contribution in [-0.4, -0.2) is 32.0 Å². The summed E-state index contributed by atoms with van der Waals surface area (Å²) in [6, 6.07) is 7.75. The van der Waals surface area contributed by atoms with Crippen LogP contribution in [0.25, 0.3) is 0 Å². The molecular formula is C17H17NO5S2. The first-order valence-electron chi connectivity index (χ1n) is 7.53. The average molecular weight is 379 g/mol. The van der Waals surface area contributed by atoms with E-state index in [9.17, 15) is 18.0 Å². The molecule has 8 heteroatoms. The van der Waals surface area contributed by atoms with Crippen LogP contribution in [0.2, 0.25) is 0 Å². The minimum absolute atomic E-state index is 0.0437. The van der Waals surface area contributed by atoms with E-state index < -0.39 is 21.3 Å². The summed E-state index contributed by atoms with van der Waals surface area (Å²) in [5, 5.41) is 2.68. The lowest BCUT2D eigenvalue weighted by Crippen LogP contribution is -2.35. The Hall–Kier alpha value is -2.19. The number of fused-ring (bicyclic) bond motifs is 1. The molecule has 0 fully saturated rings. The highest BCUT2D eigenvalue weighted by Crippen LogP contribution is 2.34. The number of hydrogen-bond donors (Lipinski definition) is 1. The maximum absolute atomic E-state index is 12.3. The lowest BCUT2D eigenvalue weighted by Gasteiger charge is -2.31. The fourth-order valence-electron chi connectivity index (χ4n) is 2.56. The third kappa shape index (κ3) is 3.74. The fourth-order valence-corrected chi connectivity index (χ4v) is 4.39. The molecule has 25 heavy (non-hydrogen) atoms. The number of ketones is 1. The highest BCUT2D eigenvalue weighted by atomic mass is 32.2. The number of rotatable bonds is 3. The zero-order valence-corrected chi connectivity index (χ0v) is 15.6. The van der Waals surface area contributed by atoms with Gasteiger partial charge in [0.1, 0.15) is 15.6 Å². The average Bonchev–Trinajstić information content (AvgIpc) is 2.97. The van der Waals surface area contributed by atoms with Crippen molar-refractivity contribution >= 4 is 38.6 Å². The maximum Gasteiger partial charge on any atom is 0.265 e. The minimum atomic E-state index is -3.34. The molecule has 0 aliphatic carbocycles. The van der Waals surface area contributed by atoms with Crippen LogP contribution in [0, 0.1) is 0 Å². The second-order valence-corrected chi connectivity index (χ2v) is 9.84. The van der Waals surface area contributed by atoms with Crippen LogP contribution in [-0.2, 0) is 9.84 Å². The standard InChI is InChI=1S/C17H17NO5S2/c1-17(2)9-12(19)11-8-10(4-5-13(11)23-17)18-16(20)14-6-7-15(24-14)25(3,21)22/h4-8H,9H2,1-3H3,(H,18,20). The third-order valence-corrected chi connectivity index (χ3v) is 6.58. The number of carbonyl (C=O) groups excluding carboxylic acids is 2. The molecule has 0 radical (unpaired) electrons. The van der Waals surface area contributed by atoms with Crippen LogP contribution in [0.1, 0.15) is 40.3 Å². The monoisotopic (exact) mass is 379 g/mol. The van der Waals surface area contributed by atoms with Crippen LogP contribution >= 0.6 is 11.3 Å². The van der Waals surface area contributed by atoms with E-state index in [2.05, 4.69) is 5.32 Å². The van der Waals surface area contributed by atoms with Crippen molar-refractivity contribution in [1.82, 2.24) is 0 Å². The fraction of sp³-hybridized carbons (Fsp3) is 0.294. The summed E-state index contributed by atoms with van der Waals surface area (Å²) in [6.07, 6.45) is 1.36. The van der Waals surface area contributed by atoms with Crippen molar-refractivity contribution in [2.75, 3.05) is 11.6 Å². The van der Waals surface area contributed by atoms with Gasteiger partial charge < -0.3 is 10.1 Å². The number of hydrogen-bond acceptors (Lipinski definition) is 6. The second-order valence-electron chi connectivity index (χ2n) is 6.52. The summed E-state index contributed by atoms with van der Waals surface area (Å²) in [4.78, 5) is 24.8. The first-order chi connectivity index (χ1) is 11.5. The first kappa shape index (κ1) is 17.6. The second kappa shape index (κ2) is 5.96. The molecule has 1 aliphatic rings. The lowest BCUT2D eigenvalue weighted by molar-refractivity contribution is 0.0620. The van der Waals surface area contributed by atoms with Crippen LogP contribution in [0.15, 0.2) is 34.5 Å². The zero-order valence-electron chi connectivity index (χ0n) is 14.0. The predicted molar refractivity (Wildman–Crippen MR) is 95.5 cm³/mol. The van der Waals surface area contributed by atoms with Gasteiger partial charge in [-0.2, -0.15) is 0 Å². The van der Waals surface area contributed by atoms with E-state index in [1.807, 2.05) is 13.8 Å². The Balaban J connectivity index is 1.82. The van der Waals surface area contributed by atoms with Crippen molar-refractivity contribution in [3.8, 4) is 5.75 Å². The molecule has 132 valence electrons. The summed E-state index contributed by atoms with van der Waals surface area (Å²) in [6.45, 7) is 3.69. The molecule has 2 aromatic rings. The van der Waals surface area contributed by atoms with Crippen molar-refractivity contribution in [2.45, 2.75) is 30.1 Å². The minimum Gasteiger partial charge on any atom is -0.487 e. The van der Waals surface area contributed by atoms with E-state index in [1.54, 1.807) is 18.2 Å². The van der Waals surface area contributed by atoms with Gasteiger partial charge in [0.15, 0.2) is 15.6 Å². The van der Waals surface area contributed by atoms with E-state index in [4.69, 9.17) is 4.74 Å². The van der Waals surface area contributed by atoms with Gasteiger partial charge in [-0.3, -0.25) is 9.59 Å². The molecule has 0 spiro atoms. The smallest absolute Gasteiger partial charge is 0.265 e. The van der Waals surface area contributed by atoms with E-state index in [1.165, 1.54) is 12.1 Å². The normalized spacial score (nSPS) is 16.0. The van der Waals surface area contributed by atoms with Crippen molar-refractivity contribution in [1.29, 1.82) is 0 Å². The molecule has 1 aromatic carbocycles. The van der Waals surface area contributed by atoms with Gasteiger partial charge in [0.2, 0.25) is 0 Å². The maximum atomic E-state index is 12.3. The van der Waals surface area contributed by atoms with E-state index in [-0.39, 0.29) is 21.3 Å². The summed E-state index contributed by atoms with van der Waals surface area (Å²) < 4.78 is 28.9. The Morgan fingerprint density at radius 1 is 1.24 bits per heavy atom. The molecule has 1 aromatic heterocycles. The Kier molecular flexibility index (Phi) is 4.20. The number of thiophene rings is 1. The molecule has 0 atom stereocenters. The molecule has 1 aliphatic heterocycles. The number of ether oxygens (including phenoxy) is 1. The molecule has 3 rings (SSSR count). The molecule has 0 saturated heterocycles. The van der Waals surface area contributed by atoms with Gasteiger partial charge in [0.25, 0.3) is 5.91 Å². The molecular weight excluding hydrogens is 362 g/mol. The number of Topliss-reactive ketones (excluding diaryl/α,β-unsaturated/α-hetero) is 1. The van der Waals surface area contributed by atoms with Gasteiger partial charge in [-0.25, -0.2) is 8.42 Å². The van der Waals surface area contributed by atoms with Crippen LogP contribution in [0.4, 0.5) is 5.69 Å². The van der Waals surface area contributed by atoms with Gasteiger partial charge in [-0.05, 0) is 44.2 Å². The van der Waals surface area contributed by atoms with Crippen molar-refractivity contribution in [3.05, 3.63) is 40.8 Å². The Labute approximate surface area is 149 Å². The summed E-state index contributed by atoms with van der Waals surface area (Å²) in [5.74, 6) is 0.0249. The van der Waals surface area contributed by atoms with E-state index in [0.29, 0.717) is 17.0 Å². The predicted octanol–water partition coefficient (Wildman–Crippen LogP) is 3.15. The van der Waals surface area contributed by atoms with Crippen molar-refractivity contribution in [3.63, 3.8) is 0 Å². The van der Waals surface area contributed by atoms with E-state index >= 15 is 0 Å². The quantitative estimate of drug-likeness (QED) is 0.885. The largest absolute Gasteiger partial charge is 0.487 e. The first-order valence-corrected chi connectivity index (χ1v) is 10.2. The molecule has 1 N–H and O–H groups in total.